The third kappa shape index (κ3) is 4.20. The lowest BCUT2D eigenvalue weighted by molar-refractivity contribution is -0.148. The molecule has 1 spiro atoms. The van der Waals surface area contributed by atoms with Crippen LogP contribution in [0.5, 0.6) is 0 Å². The average Bonchev–Trinajstić information content (AvgIpc) is 3.03. The van der Waals surface area contributed by atoms with Crippen molar-refractivity contribution in [1.29, 1.82) is 0 Å². The highest BCUT2D eigenvalue weighted by atomic mass is 19.1. The van der Waals surface area contributed by atoms with Crippen LogP contribution in [0.4, 0.5) is 17.6 Å². The molecule has 35 heavy (non-hydrogen) atoms. The summed E-state index contributed by atoms with van der Waals surface area (Å²) in [5.41, 5.74) is -0.666. The fourth-order valence-corrected chi connectivity index (χ4v) is 5.77. The van der Waals surface area contributed by atoms with Crippen molar-refractivity contribution < 1.29 is 31.9 Å². The van der Waals surface area contributed by atoms with Crippen LogP contribution in [0.25, 0.3) is 11.1 Å². The number of carbonyl (C=O) groups excluding carboxylic acids is 2. The summed E-state index contributed by atoms with van der Waals surface area (Å²) in [6.07, 6.45) is -0.0431. The normalized spacial score (nSPS) is 30.3. The minimum absolute atomic E-state index is 0.0147. The number of rotatable bonds is 4. The zero-order chi connectivity index (χ0) is 24.9. The van der Waals surface area contributed by atoms with Gasteiger partial charge in [0, 0.05) is 17.7 Å². The van der Waals surface area contributed by atoms with Crippen molar-refractivity contribution in [1.82, 2.24) is 10.2 Å². The minimum atomic E-state index is -1.22. The molecule has 2 aromatic carbocycles. The van der Waals surface area contributed by atoms with E-state index in [0.29, 0.717) is 25.3 Å². The molecular weight excluding hydrogens is 464 g/mol. The molecule has 1 aliphatic carbocycles. The van der Waals surface area contributed by atoms with Gasteiger partial charge in [0.05, 0.1) is 24.1 Å². The molecular formula is C26H26F4N2O3. The van der Waals surface area contributed by atoms with Gasteiger partial charge in [0.2, 0.25) is 11.8 Å². The molecule has 0 aromatic heterocycles. The summed E-state index contributed by atoms with van der Waals surface area (Å²) < 4.78 is 63.0. The van der Waals surface area contributed by atoms with Crippen molar-refractivity contribution >= 4 is 11.8 Å². The van der Waals surface area contributed by atoms with E-state index in [2.05, 4.69) is 5.32 Å². The number of hydrogen-bond donors (Lipinski definition) is 1. The van der Waals surface area contributed by atoms with E-state index in [9.17, 15) is 22.8 Å². The predicted octanol–water partition coefficient (Wildman–Crippen LogP) is 3.94. The van der Waals surface area contributed by atoms with Gasteiger partial charge in [-0.05, 0) is 55.9 Å². The standard InChI is InChI=1S/C26H26F4N2O3/c1-14-11-26(13-35-12-23(33)31-26)22(32(14)25(34)20-5-6-21(20)29)9-15-3-2-4-19(24(15)30)16-7-17(27)10-18(28)8-16/h2-4,7-8,10,14,20-22H,5-6,9,11-13H2,1H3,(H,31,33)/t14-,20?,21?,22+,26-/m1/s1. The summed E-state index contributed by atoms with van der Waals surface area (Å²) in [7, 11) is 0. The number of likely N-dealkylation sites (tertiary alicyclic amines) is 1. The number of carbonyl (C=O) groups is 2. The molecule has 1 saturated carbocycles. The Labute approximate surface area is 200 Å². The molecule has 9 heteroatoms. The molecule has 0 radical (unpaired) electrons. The summed E-state index contributed by atoms with van der Waals surface area (Å²) in [4.78, 5) is 27.2. The van der Waals surface area contributed by atoms with Crippen LogP contribution in [0.2, 0.25) is 0 Å². The van der Waals surface area contributed by atoms with Gasteiger partial charge in [-0.1, -0.05) is 18.2 Å². The van der Waals surface area contributed by atoms with E-state index in [1.165, 1.54) is 6.07 Å². The van der Waals surface area contributed by atoms with E-state index in [4.69, 9.17) is 4.74 Å². The summed E-state index contributed by atoms with van der Waals surface area (Å²) >= 11 is 0. The molecule has 5 atom stereocenters. The first-order chi connectivity index (χ1) is 16.7. The van der Waals surface area contributed by atoms with Gasteiger partial charge in [0.1, 0.15) is 30.2 Å². The van der Waals surface area contributed by atoms with E-state index >= 15 is 4.39 Å². The lowest BCUT2D eigenvalue weighted by Gasteiger charge is -2.43. The van der Waals surface area contributed by atoms with Gasteiger partial charge in [0.15, 0.2) is 0 Å². The molecule has 2 aliphatic heterocycles. The fraction of sp³-hybridized carbons (Fsp3) is 0.462. The van der Waals surface area contributed by atoms with Gasteiger partial charge in [-0.3, -0.25) is 9.59 Å². The number of halogens is 4. The Morgan fingerprint density at radius 3 is 2.54 bits per heavy atom. The van der Waals surface area contributed by atoms with E-state index in [1.54, 1.807) is 17.0 Å². The molecule has 5 rings (SSSR count). The summed E-state index contributed by atoms with van der Waals surface area (Å²) in [5, 5.41) is 2.97. The second-order valence-electron chi connectivity index (χ2n) is 9.85. The first kappa shape index (κ1) is 23.8. The van der Waals surface area contributed by atoms with Crippen molar-refractivity contribution in [2.45, 2.75) is 56.4 Å². The molecule has 3 fully saturated rings. The molecule has 5 nitrogen and oxygen atoms in total. The van der Waals surface area contributed by atoms with Crippen LogP contribution >= 0.6 is 0 Å². The quantitative estimate of drug-likeness (QED) is 0.661. The van der Waals surface area contributed by atoms with Crippen molar-refractivity contribution in [3.05, 3.63) is 59.4 Å². The molecule has 3 aliphatic rings. The first-order valence-corrected chi connectivity index (χ1v) is 11.8. The third-order valence-electron chi connectivity index (χ3n) is 7.52. The lowest BCUT2D eigenvalue weighted by Crippen LogP contribution is -2.65. The van der Waals surface area contributed by atoms with Gasteiger partial charge in [-0.15, -0.1) is 0 Å². The Morgan fingerprint density at radius 2 is 1.91 bits per heavy atom. The monoisotopic (exact) mass is 490 g/mol. The minimum Gasteiger partial charge on any atom is -0.369 e. The third-order valence-corrected chi connectivity index (χ3v) is 7.52. The highest BCUT2D eigenvalue weighted by Crippen LogP contribution is 2.42. The number of nitrogens with zero attached hydrogens (tertiary/aromatic N) is 1. The molecule has 0 bridgehead atoms. The predicted molar refractivity (Wildman–Crippen MR) is 119 cm³/mol. The molecule has 1 N–H and O–H groups in total. The van der Waals surface area contributed by atoms with Crippen molar-refractivity contribution in [2.75, 3.05) is 13.2 Å². The topological polar surface area (TPSA) is 58.6 Å². The number of ether oxygens (including phenoxy) is 1. The summed E-state index contributed by atoms with van der Waals surface area (Å²) in [5.74, 6) is -3.75. The van der Waals surface area contributed by atoms with E-state index in [0.717, 1.165) is 12.1 Å². The maximum Gasteiger partial charge on any atom is 0.246 e. The molecule has 2 amide bonds. The molecule has 2 saturated heterocycles. The smallest absolute Gasteiger partial charge is 0.246 e. The van der Waals surface area contributed by atoms with Crippen molar-refractivity contribution in [3.8, 4) is 11.1 Å². The van der Waals surface area contributed by atoms with Crippen LogP contribution < -0.4 is 5.32 Å². The second-order valence-corrected chi connectivity index (χ2v) is 9.85. The van der Waals surface area contributed by atoms with E-state index in [1.807, 2.05) is 6.92 Å². The first-order valence-electron chi connectivity index (χ1n) is 11.8. The Bertz CT molecular complexity index is 1160. The van der Waals surface area contributed by atoms with Gasteiger partial charge in [-0.25, -0.2) is 17.6 Å². The maximum atomic E-state index is 15.7. The van der Waals surface area contributed by atoms with Gasteiger partial charge < -0.3 is 15.0 Å². The second kappa shape index (κ2) is 8.93. The molecule has 2 unspecified atom stereocenters. The Hall–Kier alpha value is -2.94. The Balaban J connectivity index is 1.53. The van der Waals surface area contributed by atoms with Crippen molar-refractivity contribution in [3.63, 3.8) is 0 Å². The number of amides is 2. The highest BCUT2D eigenvalue weighted by molar-refractivity contribution is 5.83. The van der Waals surface area contributed by atoms with Crippen LogP contribution in [0.3, 0.4) is 0 Å². The maximum absolute atomic E-state index is 15.7. The number of morpholine rings is 1. The summed E-state index contributed by atoms with van der Waals surface area (Å²) in [6.45, 7) is 1.85. The van der Waals surface area contributed by atoms with E-state index < -0.39 is 41.1 Å². The fourth-order valence-electron chi connectivity index (χ4n) is 5.77. The Morgan fingerprint density at radius 1 is 1.17 bits per heavy atom. The van der Waals surface area contributed by atoms with Gasteiger partial charge in [-0.2, -0.15) is 0 Å². The number of nitrogens with one attached hydrogen (secondary N) is 1. The zero-order valence-electron chi connectivity index (χ0n) is 19.2. The van der Waals surface area contributed by atoms with Crippen molar-refractivity contribution in [2.24, 2.45) is 5.92 Å². The Kier molecular flexibility index (Phi) is 6.07. The number of alkyl halides is 1. The number of benzene rings is 2. The molecule has 186 valence electrons. The SMILES string of the molecule is C[C@@H]1C[C@@]2(COCC(=O)N2)[C@H](Cc2cccc(-c3cc(F)cc(F)c3)c2F)N1C(=O)C1CCC1F. The number of hydrogen-bond acceptors (Lipinski definition) is 3. The lowest BCUT2D eigenvalue weighted by atomic mass is 9.81. The summed E-state index contributed by atoms with van der Waals surface area (Å²) in [6, 6.07) is 6.34. The van der Waals surface area contributed by atoms with Crippen LogP contribution in [0, 0.1) is 23.4 Å². The molecule has 2 aromatic rings. The van der Waals surface area contributed by atoms with Crippen LogP contribution in [0.1, 0.15) is 31.7 Å². The van der Waals surface area contributed by atoms with Gasteiger partial charge >= 0.3 is 0 Å². The van der Waals surface area contributed by atoms with Crippen LogP contribution in [0.15, 0.2) is 36.4 Å². The van der Waals surface area contributed by atoms with Crippen LogP contribution in [-0.2, 0) is 20.7 Å². The largest absolute Gasteiger partial charge is 0.369 e. The highest BCUT2D eigenvalue weighted by Gasteiger charge is 2.56. The van der Waals surface area contributed by atoms with Gasteiger partial charge in [0.25, 0.3) is 0 Å². The van der Waals surface area contributed by atoms with E-state index in [-0.39, 0.29) is 54.2 Å². The zero-order valence-corrected chi connectivity index (χ0v) is 19.2. The average molecular weight is 490 g/mol. The molecule has 2 heterocycles. The van der Waals surface area contributed by atoms with Crippen LogP contribution in [-0.4, -0.2) is 53.7 Å².